The van der Waals surface area contributed by atoms with Crippen LogP contribution in [-0.4, -0.2) is 62.6 Å². The third kappa shape index (κ3) is 10.4. The Hall–Kier alpha value is -6.30. The molecule has 0 saturated heterocycles. The molecule has 2 unspecified atom stereocenters. The van der Waals surface area contributed by atoms with E-state index < -0.39 is 41.4 Å². The summed E-state index contributed by atoms with van der Waals surface area (Å²) in [6, 6.07) is 30.8. The van der Waals surface area contributed by atoms with Gasteiger partial charge in [0.15, 0.2) is 0 Å². The summed E-state index contributed by atoms with van der Waals surface area (Å²) < 4.78 is 5.62. The fourth-order valence-electron chi connectivity index (χ4n) is 5.77. The van der Waals surface area contributed by atoms with Crippen LogP contribution in [0.1, 0.15) is 59.5 Å². The lowest BCUT2D eigenvalue weighted by Crippen LogP contribution is -2.49. The van der Waals surface area contributed by atoms with Gasteiger partial charge in [-0.15, -0.1) is 0 Å². The molecule has 0 radical (unpaired) electrons. The van der Waals surface area contributed by atoms with Crippen LogP contribution < -0.4 is 16.0 Å². The fraction of sp³-hybridized carbons (Fsp3) is 0.250. The molecular formula is C40H42N6O6. The van der Waals surface area contributed by atoms with E-state index >= 15 is 0 Å². The van der Waals surface area contributed by atoms with Gasteiger partial charge in [-0.25, -0.2) is 4.79 Å². The molecule has 4 N–H and O–H groups in total. The summed E-state index contributed by atoms with van der Waals surface area (Å²) in [5, 5.41) is 23.2. The van der Waals surface area contributed by atoms with Crippen LogP contribution in [-0.2, 0) is 29.0 Å². The summed E-state index contributed by atoms with van der Waals surface area (Å²) in [6.07, 6.45) is 2.40. The third-order valence-electron chi connectivity index (χ3n) is 8.52. The van der Waals surface area contributed by atoms with Crippen molar-refractivity contribution in [1.29, 1.82) is 0 Å². The number of nitrogens with zero attached hydrogens (tertiary/aromatic N) is 3. The van der Waals surface area contributed by atoms with Crippen molar-refractivity contribution in [1.82, 2.24) is 31.0 Å². The molecule has 0 fully saturated rings. The van der Waals surface area contributed by atoms with E-state index in [1.165, 1.54) is 11.0 Å². The number of carboxylic acid groups (broad SMARTS) is 1. The molecule has 4 aromatic carbocycles. The van der Waals surface area contributed by atoms with Gasteiger partial charge >= 0.3 is 6.09 Å². The van der Waals surface area contributed by atoms with E-state index in [0.29, 0.717) is 6.42 Å². The van der Waals surface area contributed by atoms with Crippen LogP contribution in [0.25, 0.3) is 10.8 Å². The highest BCUT2D eigenvalue weighted by molar-refractivity contribution is 5.93. The van der Waals surface area contributed by atoms with E-state index in [1.807, 2.05) is 103 Å². The minimum atomic E-state index is -1.17. The molecule has 5 aromatic rings. The van der Waals surface area contributed by atoms with Gasteiger partial charge in [0.1, 0.15) is 12.1 Å². The Morgan fingerprint density at radius 1 is 0.846 bits per heavy atom. The first-order valence-electron chi connectivity index (χ1n) is 16.9. The van der Waals surface area contributed by atoms with Gasteiger partial charge in [-0.1, -0.05) is 114 Å². The molecule has 0 aliphatic rings. The maximum atomic E-state index is 14.4. The number of carbonyl (C=O) groups excluding carboxylic acids is 3. The molecule has 1 heterocycles. The number of amides is 4. The van der Waals surface area contributed by atoms with Gasteiger partial charge in [0.2, 0.25) is 17.7 Å². The Morgan fingerprint density at radius 2 is 1.50 bits per heavy atom. The number of aromatic nitrogens is 2. The highest BCUT2D eigenvalue weighted by Gasteiger charge is 2.33. The summed E-state index contributed by atoms with van der Waals surface area (Å²) in [5.41, 5.74) is 1.81. The summed E-state index contributed by atoms with van der Waals surface area (Å²) in [5.74, 6) is -1.57. The van der Waals surface area contributed by atoms with Crippen molar-refractivity contribution < 1.29 is 28.8 Å². The Bertz CT molecular complexity index is 2030. The first-order chi connectivity index (χ1) is 25.0. The van der Waals surface area contributed by atoms with Gasteiger partial charge < -0.3 is 30.5 Å². The van der Waals surface area contributed by atoms with Crippen molar-refractivity contribution in [3.63, 3.8) is 0 Å². The van der Waals surface area contributed by atoms with E-state index in [0.717, 1.165) is 27.5 Å². The van der Waals surface area contributed by atoms with Crippen LogP contribution in [0, 0.1) is 0 Å². The topological polar surface area (TPSA) is 167 Å². The highest BCUT2D eigenvalue weighted by Crippen LogP contribution is 2.25. The number of benzene rings is 4. The molecular weight excluding hydrogens is 660 g/mol. The third-order valence-corrected chi connectivity index (χ3v) is 8.52. The molecule has 52 heavy (non-hydrogen) atoms. The van der Waals surface area contributed by atoms with Crippen LogP contribution in [0.3, 0.4) is 0 Å². The van der Waals surface area contributed by atoms with E-state index in [4.69, 9.17) is 9.63 Å². The average molecular weight is 703 g/mol. The maximum Gasteiger partial charge on any atom is 0.405 e. The quantitative estimate of drug-likeness (QED) is 0.102. The summed E-state index contributed by atoms with van der Waals surface area (Å²) in [4.78, 5) is 57.7. The van der Waals surface area contributed by atoms with Gasteiger partial charge in [-0.2, -0.15) is 4.98 Å². The Morgan fingerprint density at radius 3 is 2.19 bits per heavy atom. The normalized spacial score (nSPS) is 12.6. The van der Waals surface area contributed by atoms with Crippen molar-refractivity contribution in [3.05, 3.63) is 144 Å². The smallest absolute Gasteiger partial charge is 0.405 e. The van der Waals surface area contributed by atoms with Crippen molar-refractivity contribution in [2.45, 2.75) is 57.3 Å². The minimum absolute atomic E-state index is 0.0633. The predicted octanol–water partition coefficient (Wildman–Crippen LogP) is 5.62. The van der Waals surface area contributed by atoms with Gasteiger partial charge in [-0.05, 0) is 53.8 Å². The molecule has 0 aliphatic carbocycles. The average Bonchev–Trinajstić information content (AvgIpc) is 3.62. The van der Waals surface area contributed by atoms with Crippen LogP contribution in [0.15, 0.2) is 120 Å². The second kappa shape index (κ2) is 17.1. The number of carbonyl (C=O) groups is 4. The van der Waals surface area contributed by atoms with E-state index in [1.54, 1.807) is 27.0 Å². The van der Waals surface area contributed by atoms with E-state index in [9.17, 15) is 19.2 Å². The Labute approximate surface area is 301 Å². The van der Waals surface area contributed by atoms with Crippen LogP contribution in [0.4, 0.5) is 4.79 Å². The van der Waals surface area contributed by atoms with Crippen molar-refractivity contribution in [2.24, 2.45) is 0 Å². The molecule has 0 aliphatic heterocycles. The number of hydrogen-bond acceptors (Lipinski definition) is 7. The second-order valence-corrected chi connectivity index (χ2v) is 13.1. The predicted molar refractivity (Wildman–Crippen MR) is 196 cm³/mol. The Balaban J connectivity index is 1.40. The molecule has 4 amide bonds. The minimum Gasteiger partial charge on any atom is -0.465 e. The van der Waals surface area contributed by atoms with Crippen molar-refractivity contribution >= 4 is 34.6 Å². The molecule has 0 spiro atoms. The molecule has 1 aromatic heterocycles. The highest BCUT2D eigenvalue weighted by atomic mass is 16.5. The van der Waals surface area contributed by atoms with Crippen LogP contribution >= 0.6 is 0 Å². The van der Waals surface area contributed by atoms with E-state index in [2.05, 4.69) is 26.1 Å². The zero-order valence-corrected chi connectivity index (χ0v) is 29.3. The maximum absolute atomic E-state index is 14.4. The van der Waals surface area contributed by atoms with Gasteiger partial charge in [-0.3, -0.25) is 14.4 Å². The molecule has 12 heteroatoms. The number of fused-ring (bicyclic) bond motifs is 1. The molecule has 0 bridgehead atoms. The monoisotopic (exact) mass is 702 g/mol. The molecule has 0 saturated carbocycles. The number of nitrogens with one attached hydrogen (secondary N) is 3. The lowest BCUT2D eigenvalue weighted by atomic mass is 9.99. The second-order valence-electron chi connectivity index (χ2n) is 13.1. The van der Waals surface area contributed by atoms with Crippen molar-refractivity contribution in [3.8, 4) is 0 Å². The summed E-state index contributed by atoms with van der Waals surface area (Å²) in [6.45, 7) is 3.67. The Kier molecular flexibility index (Phi) is 12.1. The lowest BCUT2D eigenvalue weighted by Gasteiger charge is -2.30. The summed E-state index contributed by atoms with van der Waals surface area (Å²) >= 11 is 0. The van der Waals surface area contributed by atoms with Gasteiger partial charge in [0, 0.05) is 32.0 Å². The van der Waals surface area contributed by atoms with Crippen molar-refractivity contribution in [2.75, 3.05) is 7.05 Å². The largest absolute Gasteiger partial charge is 0.465 e. The molecule has 2 atom stereocenters. The summed E-state index contributed by atoms with van der Waals surface area (Å²) in [7, 11) is 1.60. The zero-order chi connectivity index (χ0) is 37.1. The van der Waals surface area contributed by atoms with Gasteiger partial charge in [0.05, 0.1) is 0 Å². The fourth-order valence-corrected chi connectivity index (χ4v) is 5.77. The first kappa shape index (κ1) is 37.0. The van der Waals surface area contributed by atoms with Crippen LogP contribution in [0.5, 0.6) is 0 Å². The molecule has 268 valence electrons. The number of rotatable bonds is 15. The zero-order valence-electron chi connectivity index (χ0n) is 29.3. The lowest BCUT2D eigenvalue weighted by molar-refractivity contribution is -0.137. The van der Waals surface area contributed by atoms with Crippen LogP contribution in [0.2, 0.25) is 0 Å². The first-order valence-corrected chi connectivity index (χ1v) is 16.9. The number of hydrogen-bond donors (Lipinski definition) is 4. The van der Waals surface area contributed by atoms with Gasteiger partial charge in [0.25, 0.3) is 11.7 Å². The SMILES string of the molecule is CN(C(=O)C(Cc1ccc2ccccc2c1)NC(=O)/C=C/CC(C)(C)NC(=O)O)C(Cc1ccccc1)c1nc(C(=O)NCc2ccccc2)no1. The molecule has 12 nitrogen and oxygen atoms in total. The number of likely N-dealkylation sites (N-methyl/N-ethyl adjacent to an activating group) is 1. The molecule has 5 rings (SSSR count). The standard InChI is InChI=1S/C40H42N6O6/c1-40(2,44-39(50)51)22-12-19-34(47)42-32(24-29-20-21-30-17-10-11-18-31(30)23-29)38(49)46(3)33(25-27-13-6-4-7-14-27)37-43-35(45-52-37)36(48)41-26-28-15-8-5-9-16-28/h4-21,23,32-33,44H,22,24-26H2,1-3H3,(H,41,48)(H,42,47)(H,50,51)/b19-12+. The van der Waals surface area contributed by atoms with E-state index in [-0.39, 0.29) is 31.1 Å².